The van der Waals surface area contributed by atoms with Gasteiger partial charge in [-0.1, -0.05) is 13.8 Å². The van der Waals surface area contributed by atoms with Crippen LogP contribution in [0.15, 0.2) is 12.1 Å². The van der Waals surface area contributed by atoms with Crippen molar-refractivity contribution < 1.29 is 19.1 Å². The molecule has 3 rings (SSSR count). The summed E-state index contributed by atoms with van der Waals surface area (Å²) >= 11 is 0. The number of benzene rings is 1. The molecule has 1 aromatic carbocycles. The monoisotopic (exact) mass is 302 g/mol. The van der Waals surface area contributed by atoms with Crippen LogP contribution in [-0.2, 0) is 0 Å². The van der Waals surface area contributed by atoms with Crippen LogP contribution in [-0.4, -0.2) is 22.8 Å². The molecule has 0 aromatic heterocycles. The van der Waals surface area contributed by atoms with E-state index in [4.69, 9.17) is 9.47 Å². The Morgan fingerprint density at radius 1 is 0.864 bits per heavy atom. The number of ether oxygens (including phenoxy) is 2. The first kappa shape index (κ1) is 15.1. The Morgan fingerprint density at radius 2 is 1.27 bits per heavy atom. The van der Waals surface area contributed by atoms with E-state index in [1.807, 2.05) is 27.7 Å². The van der Waals surface area contributed by atoms with Crippen LogP contribution in [0.3, 0.4) is 0 Å². The second-order valence-electron chi connectivity index (χ2n) is 6.86. The molecule has 4 heteroatoms. The number of carbonyl (C=O) groups excluding carboxylic acids is 2. The van der Waals surface area contributed by atoms with Crippen molar-refractivity contribution in [1.29, 1.82) is 0 Å². The van der Waals surface area contributed by atoms with Gasteiger partial charge in [0.15, 0.2) is 11.6 Å². The van der Waals surface area contributed by atoms with Crippen molar-refractivity contribution >= 4 is 11.6 Å². The Kier molecular flexibility index (Phi) is 3.31. The number of Topliss-reactive ketones (excluding diaryl/α,β-unsaturated/α-hetero) is 2. The third-order valence-corrected chi connectivity index (χ3v) is 4.96. The van der Waals surface area contributed by atoms with Crippen molar-refractivity contribution in [2.75, 3.05) is 0 Å². The summed E-state index contributed by atoms with van der Waals surface area (Å²) in [6.45, 7) is 7.89. The molecule has 0 radical (unpaired) electrons. The van der Waals surface area contributed by atoms with Gasteiger partial charge in [0, 0.05) is 6.07 Å². The van der Waals surface area contributed by atoms with Crippen molar-refractivity contribution in [3.63, 3.8) is 0 Å². The largest absolute Gasteiger partial charge is 0.486 e. The Morgan fingerprint density at radius 3 is 1.64 bits per heavy atom. The van der Waals surface area contributed by atoms with Gasteiger partial charge in [-0.25, -0.2) is 0 Å². The minimum atomic E-state index is -0.481. The van der Waals surface area contributed by atoms with Crippen LogP contribution in [0.25, 0.3) is 0 Å². The second kappa shape index (κ2) is 4.83. The van der Waals surface area contributed by atoms with Gasteiger partial charge in [0.1, 0.15) is 22.7 Å². The SMILES string of the molecule is CCC1(C)CC(=O)c2cc3c(cc2O1)OC(C)(CC)CC3=O. The zero-order valence-corrected chi connectivity index (χ0v) is 13.6. The lowest BCUT2D eigenvalue weighted by molar-refractivity contribution is 0.0442. The van der Waals surface area contributed by atoms with E-state index in [0.717, 1.165) is 12.8 Å². The first-order valence-electron chi connectivity index (χ1n) is 7.91. The summed E-state index contributed by atoms with van der Waals surface area (Å²) in [6, 6.07) is 3.38. The number of hydrogen-bond acceptors (Lipinski definition) is 4. The Bertz CT molecular complexity index is 610. The smallest absolute Gasteiger partial charge is 0.170 e. The quantitative estimate of drug-likeness (QED) is 0.830. The number of fused-ring (bicyclic) bond motifs is 2. The zero-order valence-electron chi connectivity index (χ0n) is 13.6. The van der Waals surface area contributed by atoms with Crippen molar-refractivity contribution in [2.24, 2.45) is 0 Å². The topological polar surface area (TPSA) is 52.6 Å². The molecule has 0 spiro atoms. The standard InChI is InChI=1S/C18H22O4/c1-5-17(3)9-13(19)11-7-12-14(20)10-18(4,6-2)22-16(12)8-15(11)21-17/h7-8H,5-6,9-10H2,1-4H3. The van der Waals surface area contributed by atoms with Crippen LogP contribution in [0.5, 0.6) is 11.5 Å². The van der Waals surface area contributed by atoms with E-state index in [1.54, 1.807) is 12.1 Å². The van der Waals surface area contributed by atoms with Crippen LogP contribution >= 0.6 is 0 Å². The maximum Gasteiger partial charge on any atom is 0.170 e. The van der Waals surface area contributed by atoms with E-state index in [2.05, 4.69) is 0 Å². The minimum Gasteiger partial charge on any atom is -0.486 e. The van der Waals surface area contributed by atoms with E-state index in [9.17, 15) is 9.59 Å². The van der Waals surface area contributed by atoms with Crippen LogP contribution in [0.2, 0.25) is 0 Å². The fraction of sp³-hybridized carbons (Fsp3) is 0.556. The summed E-state index contributed by atoms with van der Waals surface area (Å²) in [5.41, 5.74) is 0.0410. The molecule has 0 aliphatic carbocycles. The summed E-state index contributed by atoms with van der Waals surface area (Å²) in [7, 11) is 0. The van der Waals surface area contributed by atoms with Crippen molar-refractivity contribution in [3.05, 3.63) is 23.3 Å². The summed E-state index contributed by atoms with van der Waals surface area (Å²) in [5.74, 6) is 1.13. The molecule has 2 aliphatic heterocycles. The molecule has 2 heterocycles. The van der Waals surface area contributed by atoms with Crippen LogP contribution < -0.4 is 9.47 Å². The first-order valence-corrected chi connectivity index (χ1v) is 7.91. The van der Waals surface area contributed by atoms with Gasteiger partial charge < -0.3 is 9.47 Å². The lowest BCUT2D eigenvalue weighted by Crippen LogP contribution is -2.40. The lowest BCUT2D eigenvalue weighted by Gasteiger charge is -2.37. The molecule has 0 fully saturated rings. The molecule has 22 heavy (non-hydrogen) atoms. The molecule has 2 atom stereocenters. The van der Waals surface area contributed by atoms with Gasteiger partial charge in [-0.3, -0.25) is 9.59 Å². The fourth-order valence-electron chi connectivity index (χ4n) is 3.03. The van der Waals surface area contributed by atoms with Crippen LogP contribution in [0, 0.1) is 0 Å². The zero-order chi connectivity index (χ0) is 16.1. The molecule has 118 valence electrons. The van der Waals surface area contributed by atoms with E-state index in [-0.39, 0.29) is 11.6 Å². The molecular formula is C18H22O4. The van der Waals surface area contributed by atoms with Gasteiger partial charge in [-0.05, 0) is 32.8 Å². The summed E-state index contributed by atoms with van der Waals surface area (Å²) in [6.07, 6.45) is 2.19. The molecular weight excluding hydrogens is 280 g/mol. The van der Waals surface area contributed by atoms with Crippen molar-refractivity contribution in [2.45, 2.75) is 64.6 Å². The predicted octanol–water partition coefficient (Wildman–Crippen LogP) is 3.95. The van der Waals surface area contributed by atoms with E-state index in [1.165, 1.54) is 0 Å². The summed E-state index contributed by atoms with van der Waals surface area (Å²) in [4.78, 5) is 24.8. The number of ketones is 2. The summed E-state index contributed by atoms with van der Waals surface area (Å²) < 4.78 is 12.1. The second-order valence-corrected chi connectivity index (χ2v) is 6.86. The molecule has 0 saturated heterocycles. The Hall–Kier alpha value is -1.84. The van der Waals surface area contributed by atoms with Gasteiger partial charge in [-0.15, -0.1) is 0 Å². The Balaban J connectivity index is 2.08. The highest BCUT2D eigenvalue weighted by atomic mass is 16.5. The van der Waals surface area contributed by atoms with Gasteiger partial charge >= 0.3 is 0 Å². The number of rotatable bonds is 2. The molecule has 2 unspecified atom stereocenters. The highest BCUT2D eigenvalue weighted by Crippen LogP contribution is 2.43. The van der Waals surface area contributed by atoms with Crippen LogP contribution in [0.4, 0.5) is 0 Å². The molecule has 2 aliphatic rings. The number of hydrogen-bond donors (Lipinski definition) is 0. The van der Waals surface area contributed by atoms with Crippen LogP contribution in [0.1, 0.15) is 74.1 Å². The third-order valence-electron chi connectivity index (χ3n) is 4.96. The maximum atomic E-state index is 12.4. The first-order chi connectivity index (χ1) is 10.3. The molecule has 0 bridgehead atoms. The van der Waals surface area contributed by atoms with Crippen molar-refractivity contribution in [1.82, 2.24) is 0 Å². The van der Waals surface area contributed by atoms with Gasteiger partial charge in [0.2, 0.25) is 0 Å². The van der Waals surface area contributed by atoms with Gasteiger partial charge in [-0.2, -0.15) is 0 Å². The van der Waals surface area contributed by atoms with Gasteiger partial charge in [0.05, 0.1) is 24.0 Å². The highest BCUT2D eigenvalue weighted by molar-refractivity contribution is 6.06. The maximum absolute atomic E-state index is 12.4. The molecule has 1 aromatic rings. The van der Waals surface area contributed by atoms with E-state index in [0.29, 0.717) is 35.5 Å². The molecule has 0 N–H and O–H groups in total. The average Bonchev–Trinajstić information content (AvgIpc) is 2.45. The van der Waals surface area contributed by atoms with E-state index < -0.39 is 11.2 Å². The predicted molar refractivity (Wildman–Crippen MR) is 83.0 cm³/mol. The van der Waals surface area contributed by atoms with Crippen molar-refractivity contribution in [3.8, 4) is 11.5 Å². The lowest BCUT2D eigenvalue weighted by atomic mass is 9.85. The number of carbonyl (C=O) groups is 2. The average molecular weight is 302 g/mol. The normalized spacial score (nSPS) is 30.2. The van der Waals surface area contributed by atoms with Gasteiger partial charge in [0.25, 0.3) is 0 Å². The molecule has 4 nitrogen and oxygen atoms in total. The Labute approximate surface area is 130 Å². The summed E-state index contributed by atoms with van der Waals surface area (Å²) in [5, 5.41) is 0. The van der Waals surface area contributed by atoms with E-state index >= 15 is 0 Å². The minimum absolute atomic E-state index is 0.0324. The highest BCUT2D eigenvalue weighted by Gasteiger charge is 2.40. The molecule has 0 amide bonds. The third kappa shape index (κ3) is 2.31. The fourth-order valence-corrected chi connectivity index (χ4v) is 3.03. The molecule has 0 saturated carbocycles.